The molecular formula is C11H18N4O2. The monoisotopic (exact) mass is 238 g/mol. The largest absolute Gasteiger partial charge is 0.395 e. The van der Waals surface area contributed by atoms with Crippen molar-refractivity contribution in [3.05, 3.63) is 11.4 Å². The van der Waals surface area contributed by atoms with E-state index in [0.29, 0.717) is 23.7 Å². The lowest BCUT2D eigenvalue weighted by molar-refractivity contribution is 0.0620. The standard InChI is InChI=1S/C11H18N4O2/c1-7-9(12)10(15(2)14-7)11(16)13-8-4-3-5-17-6-8/h8H,3-6,12H2,1-2H3,(H,13,16). The van der Waals surface area contributed by atoms with Crippen LogP contribution in [0.3, 0.4) is 0 Å². The van der Waals surface area contributed by atoms with Crippen molar-refractivity contribution in [3.8, 4) is 0 Å². The van der Waals surface area contributed by atoms with Crippen LogP contribution in [0.1, 0.15) is 29.0 Å². The second-order valence-corrected chi connectivity index (χ2v) is 4.36. The smallest absolute Gasteiger partial charge is 0.271 e. The summed E-state index contributed by atoms with van der Waals surface area (Å²) in [5.74, 6) is -0.180. The van der Waals surface area contributed by atoms with E-state index >= 15 is 0 Å². The normalized spacial score (nSPS) is 20.2. The van der Waals surface area contributed by atoms with Crippen LogP contribution in [0.5, 0.6) is 0 Å². The van der Waals surface area contributed by atoms with Crippen LogP contribution in [0, 0.1) is 6.92 Å². The molecule has 0 bridgehead atoms. The van der Waals surface area contributed by atoms with Crippen molar-refractivity contribution in [1.29, 1.82) is 0 Å². The summed E-state index contributed by atoms with van der Waals surface area (Å²) in [6.45, 7) is 3.14. The lowest BCUT2D eigenvalue weighted by Gasteiger charge is -2.23. The van der Waals surface area contributed by atoms with Gasteiger partial charge < -0.3 is 15.8 Å². The Kier molecular flexibility index (Phi) is 3.33. The zero-order chi connectivity index (χ0) is 12.4. The average Bonchev–Trinajstić information content (AvgIpc) is 2.54. The van der Waals surface area contributed by atoms with Gasteiger partial charge >= 0.3 is 0 Å². The predicted molar refractivity (Wildman–Crippen MR) is 63.7 cm³/mol. The van der Waals surface area contributed by atoms with E-state index in [0.717, 1.165) is 19.4 Å². The molecule has 6 nitrogen and oxygen atoms in total. The quantitative estimate of drug-likeness (QED) is 0.772. The van der Waals surface area contributed by atoms with E-state index in [9.17, 15) is 4.79 Å². The maximum Gasteiger partial charge on any atom is 0.271 e. The fourth-order valence-corrected chi connectivity index (χ4v) is 2.05. The molecule has 94 valence electrons. The first-order chi connectivity index (χ1) is 8.09. The van der Waals surface area contributed by atoms with Crippen LogP contribution in [0.25, 0.3) is 0 Å². The van der Waals surface area contributed by atoms with Crippen LogP contribution in [0.2, 0.25) is 0 Å². The number of hydrogen-bond donors (Lipinski definition) is 2. The summed E-state index contributed by atoms with van der Waals surface area (Å²) >= 11 is 0. The molecule has 2 rings (SSSR count). The molecule has 3 N–H and O–H groups in total. The van der Waals surface area contributed by atoms with Crippen molar-refractivity contribution in [2.45, 2.75) is 25.8 Å². The van der Waals surface area contributed by atoms with E-state index in [1.165, 1.54) is 4.68 Å². The molecule has 1 fully saturated rings. The fraction of sp³-hybridized carbons (Fsp3) is 0.636. The molecule has 0 aliphatic carbocycles. The summed E-state index contributed by atoms with van der Waals surface area (Å²) < 4.78 is 6.83. The molecule has 0 spiro atoms. The van der Waals surface area contributed by atoms with E-state index in [-0.39, 0.29) is 11.9 Å². The third kappa shape index (κ3) is 2.41. The minimum Gasteiger partial charge on any atom is -0.395 e. The Hall–Kier alpha value is -1.56. The molecule has 0 radical (unpaired) electrons. The molecule has 0 saturated carbocycles. The van der Waals surface area contributed by atoms with Crippen molar-refractivity contribution >= 4 is 11.6 Å². The van der Waals surface area contributed by atoms with Crippen LogP contribution in [-0.2, 0) is 11.8 Å². The number of anilines is 1. The fourth-order valence-electron chi connectivity index (χ4n) is 2.05. The molecule has 1 aliphatic heterocycles. The van der Waals surface area contributed by atoms with Crippen molar-refractivity contribution in [2.75, 3.05) is 18.9 Å². The zero-order valence-electron chi connectivity index (χ0n) is 10.2. The van der Waals surface area contributed by atoms with E-state index in [1.54, 1.807) is 14.0 Å². The van der Waals surface area contributed by atoms with Crippen LogP contribution in [0.15, 0.2) is 0 Å². The number of nitrogens with zero attached hydrogens (tertiary/aromatic N) is 2. The molecule has 1 aliphatic rings. The first-order valence-corrected chi connectivity index (χ1v) is 5.77. The zero-order valence-corrected chi connectivity index (χ0v) is 10.2. The van der Waals surface area contributed by atoms with E-state index < -0.39 is 0 Å². The summed E-state index contributed by atoms with van der Waals surface area (Å²) in [4.78, 5) is 12.1. The molecular weight excluding hydrogens is 220 g/mol. The highest BCUT2D eigenvalue weighted by Crippen LogP contribution is 2.16. The molecule has 17 heavy (non-hydrogen) atoms. The summed E-state index contributed by atoms with van der Waals surface area (Å²) in [5, 5.41) is 7.05. The number of amides is 1. The molecule has 2 heterocycles. The van der Waals surface area contributed by atoms with Gasteiger partial charge in [-0.05, 0) is 19.8 Å². The van der Waals surface area contributed by atoms with E-state index in [1.807, 2.05) is 0 Å². The van der Waals surface area contributed by atoms with Gasteiger partial charge in [-0.15, -0.1) is 0 Å². The summed E-state index contributed by atoms with van der Waals surface area (Å²) in [5.41, 5.74) is 7.38. The number of nitrogen functional groups attached to an aromatic ring is 1. The van der Waals surface area contributed by atoms with Crippen LogP contribution >= 0.6 is 0 Å². The van der Waals surface area contributed by atoms with Gasteiger partial charge in [0.05, 0.1) is 24.0 Å². The van der Waals surface area contributed by atoms with Gasteiger partial charge in [0, 0.05) is 13.7 Å². The molecule has 1 aromatic heterocycles. The topological polar surface area (TPSA) is 82.2 Å². The Balaban J connectivity index is 2.08. The van der Waals surface area contributed by atoms with Crippen molar-refractivity contribution in [2.24, 2.45) is 7.05 Å². The Bertz CT molecular complexity index is 421. The Labute approximate surface area is 100 Å². The van der Waals surface area contributed by atoms with E-state index in [4.69, 9.17) is 10.5 Å². The molecule has 1 aromatic rings. The number of carbonyl (C=O) groups is 1. The van der Waals surface area contributed by atoms with Crippen molar-refractivity contribution in [3.63, 3.8) is 0 Å². The Morgan fingerprint density at radius 1 is 1.65 bits per heavy atom. The summed E-state index contributed by atoms with van der Waals surface area (Å²) in [7, 11) is 1.72. The molecule has 1 atom stereocenters. The second kappa shape index (κ2) is 4.75. The number of carbonyl (C=O) groups excluding carboxylic acids is 1. The lowest BCUT2D eigenvalue weighted by atomic mass is 10.1. The van der Waals surface area contributed by atoms with Gasteiger partial charge in [-0.25, -0.2) is 0 Å². The summed E-state index contributed by atoms with van der Waals surface area (Å²) in [6.07, 6.45) is 1.92. The first kappa shape index (κ1) is 11.9. The van der Waals surface area contributed by atoms with Gasteiger partial charge in [-0.3, -0.25) is 9.48 Å². The molecule has 1 amide bonds. The minimum atomic E-state index is -0.180. The SMILES string of the molecule is Cc1nn(C)c(C(=O)NC2CCCOC2)c1N. The van der Waals surface area contributed by atoms with Crippen LogP contribution in [-0.4, -0.2) is 34.9 Å². The maximum absolute atomic E-state index is 12.1. The number of aromatic nitrogens is 2. The van der Waals surface area contributed by atoms with Gasteiger partial charge in [0.25, 0.3) is 5.91 Å². The predicted octanol–water partition coefficient (Wildman–Crippen LogP) is 0.220. The number of ether oxygens (including phenoxy) is 1. The lowest BCUT2D eigenvalue weighted by Crippen LogP contribution is -2.41. The molecule has 1 saturated heterocycles. The number of rotatable bonds is 2. The van der Waals surface area contributed by atoms with Crippen molar-refractivity contribution in [1.82, 2.24) is 15.1 Å². The van der Waals surface area contributed by atoms with Gasteiger partial charge in [0.1, 0.15) is 5.69 Å². The first-order valence-electron chi connectivity index (χ1n) is 5.77. The van der Waals surface area contributed by atoms with Gasteiger partial charge in [0.2, 0.25) is 0 Å². The molecule has 1 unspecified atom stereocenters. The van der Waals surface area contributed by atoms with Gasteiger partial charge in [0.15, 0.2) is 0 Å². The highest BCUT2D eigenvalue weighted by atomic mass is 16.5. The average molecular weight is 238 g/mol. The Morgan fingerprint density at radius 3 is 2.94 bits per heavy atom. The highest BCUT2D eigenvalue weighted by molar-refractivity contribution is 5.98. The highest BCUT2D eigenvalue weighted by Gasteiger charge is 2.22. The third-order valence-electron chi connectivity index (χ3n) is 2.98. The minimum absolute atomic E-state index is 0.0749. The van der Waals surface area contributed by atoms with E-state index in [2.05, 4.69) is 10.4 Å². The Morgan fingerprint density at radius 2 is 2.41 bits per heavy atom. The second-order valence-electron chi connectivity index (χ2n) is 4.36. The number of nitrogens with one attached hydrogen (secondary N) is 1. The number of aryl methyl sites for hydroxylation is 2. The molecule has 0 aromatic carbocycles. The van der Waals surface area contributed by atoms with Gasteiger partial charge in [-0.1, -0.05) is 0 Å². The summed E-state index contributed by atoms with van der Waals surface area (Å²) in [6, 6.07) is 0.0749. The van der Waals surface area contributed by atoms with Gasteiger partial charge in [-0.2, -0.15) is 5.10 Å². The molecule has 6 heteroatoms. The number of hydrogen-bond acceptors (Lipinski definition) is 4. The third-order valence-corrected chi connectivity index (χ3v) is 2.98. The van der Waals surface area contributed by atoms with Crippen LogP contribution < -0.4 is 11.1 Å². The van der Waals surface area contributed by atoms with Crippen molar-refractivity contribution < 1.29 is 9.53 Å². The number of nitrogens with two attached hydrogens (primary N) is 1. The maximum atomic E-state index is 12.1. The van der Waals surface area contributed by atoms with Crippen LogP contribution in [0.4, 0.5) is 5.69 Å².